The maximum atomic E-state index is 13.3. The summed E-state index contributed by atoms with van der Waals surface area (Å²) in [6.45, 7) is 0.326. The molecule has 1 saturated carbocycles. The second-order valence-electron chi connectivity index (χ2n) is 5.92. The summed E-state index contributed by atoms with van der Waals surface area (Å²) in [6, 6.07) is 12.5. The van der Waals surface area contributed by atoms with Gasteiger partial charge >= 0.3 is 0 Å². The first-order valence-corrected chi connectivity index (χ1v) is 10.2. The predicted molar refractivity (Wildman–Crippen MR) is 99.4 cm³/mol. The van der Waals surface area contributed by atoms with E-state index < -0.39 is 10.0 Å². The van der Waals surface area contributed by atoms with Crippen molar-refractivity contribution < 1.29 is 17.9 Å². The summed E-state index contributed by atoms with van der Waals surface area (Å²) in [4.78, 5) is 0.185. The SMILES string of the molecule is COc1ccc(CN(C2CC2)S(=O)(=O)c2cc(Br)ccc2OC)cc1. The third-order valence-corrected chi connectivity index (χ3v) is 6.58. The Morgan fingerprint density at radius 3 is 2.32 bits per heavy atom. The molecule has 0 spiro atoms. The van der Waals surface area contributed by atoms with Gasteiger partial charge in [-0.25, -0.2) is 8.42 Å². The van der Waals surface area contributed by atoms with Crippen LogP contribution < -0.4 is 9.47 Å². The highest BCUT2D eigenvalue weighted by molar-refractivity contribution is 9.10. The van der Waals surface area contributed by atoms with Crippen molar-refractivity contribution >= 4 is 26.0 Å². The van der Waals surface area contributed by atoms with Gasteiger partial charge in [-0.2, -0.15) is 4.31 Å². The van der Waals surface area contributed by atoms with E-state index in [-0.39, 0.29) is 10.9 Å². The van der Waals surface area contributed by atoms with Crippen LogP contribution in [0, 0.1) is 0 Å². The van der Waals surface area contributed by atoms with Crippen molar-refractivity contribution in [3.63, 3.8) is 0 Å². The van der Waals surface area contributed by atoms with Gasteiger partial charge in [0.15, 0.2) is 0 Å². The number of nitrogens with zero attached hydrogens (tertiary/aromatic N) is 1. The number of halogens is 1. The molecule has 0 atom stereocenters. The van der Waals surface area contributed by atoms with Crippen LogP contribution in [-0.2, 0) is 16.6 Å². The summed E-state index contributed by atoms with van der Waals surface area (Å²) >= 11 is 3.35. The van der Waals surface area contributed by atoms with Crippen molar-refractivity contribution in [2.75, 3.05) is 14.2 Å². The molecule has 0 radical (unpaired) electrons. The average molecular weight is 426 g/mol. The number of rotatable bonds is 7. The van der Waals surface area contributed by atoms with Gasteiger partial charge in [-0.3, -0.25) is 0 Å². The number of hydrogen-bond donors (Lipinski definition) is 0. The number of ether oxygens (including phenoxy) is 2. The van der Waals surface area contributed by atoms with Crippen molar-refractivity contribution in [2.24, 2.45) is 0 Å². The topological polar surface area (TPSA) is 55.8 Å². The second kappa shape index (κ2) is 7.35. The van der Waals surface area contributed by atoms with Gasteiger partial charge in [0.05, 0.1) is 14.2 Å². The molecule has 0 heterocycles. The molecule has 0 amide bonds. The van der Waals surface area contributed by atoms with Crippen LogP contribution in [-0.4, -0.2) is 33.0 Å². The molecular formula is C18H20BrNO4S. The third-order valence-electron chi connectivity index (χ3n) is 4.16. The molecule has 0 N–H and O–H groups in total. The summed E-state index contributed by atoms with van der Waals surface area (Å²) in [6.07, 6.45) is 1.76. The van der Waals surface area contributed by atoms with E-state index in [9.17, 15) is 8.42 Å². The summed E-state index contributed by atoms with van der Waals surface area (Å²) in [5.41, 5.74) is 0.922. The highest BCUT2D eigenvalue weighted by atomic mass is 79.9. The number of methoxy groups -OCH3 is 2. The molecule has 3 rings (SSSR count). The first-order chi connectivity index (χ1) is 12.0. The first kappa shape index (κ1) is 18.2. The average Bonchev–Trinajstić information content (AvgIpc) is 3.44. The van der Waals surface area contributed by atoms with E-state index in [1.165, 1.54) is 7.11 Å². The highest BCUT2D eigenvalue weighted by Crippen LogP contribution is 2.37. The molecule has 1 aliphatic carbocycles. The Balaban J connectivity index is 1.95. The van der Waals surface area contributed by atoms with Crippen LogP contribution >= 0.6 is 15.9 Å². The van der Waals surface area contributed by atoms with Crippen LogP contribution in [0.3, 0.4) is 0 Å². The van der Waals surface area contributed by atoms with Crippen LogP contribution in [0.25, 0.3) is 0 Å². The molecule has 0 unspecified atom stereocenters. The molecule has 0 aliphatic heterocycles. The molecule has 1 aliphatic rings. The minimum atomic E-state index is -3.67. The zero-order valence-electron chi connectivity index (χ0n) is 14.1. The minimum absolute atomic E-state index is 0.0378. The maximum absolute atomic E-state index is 13.3. The molecule has 5 nitrogen and oxygen atoms in total. The Kier molecular flexibility index (Phi) is 5.36. The zero-order chi connectivity index (χ0) is 18.0. The number of hydrogen-bond acceptors (Lipinski definition) is 4. The standard InChI is InChI=1S/C18H20BrNO4S/c1-23-16-8-3-13(4-9-16)12-20(15-6-7-15)25(21,22)18-11-14(19)5-10-17(18)24-2/h3-5,8-11,15H,6-7,12H2,1-2H3. The van der Waals surface area contributed by atoms with Gasteiger partial charge in [-0.1, -0.05) is 28.1 Å². The highest BCUT2D eigenvalue weighted by Gasteiger charge is 2.39. The molecule has 0 saturated heterocycles. The van der Waals surface area contributed by atoms with Gasteiger partial charge in [-0.05, 0) is 48.7 Å². The molecule has 2 aromatic rings. The molecule has 1 fully saturated rings. The van der Waals surface area contributed by atoms with Crippen molar-refractivity contribution in [1.82, 2.24) is 4.31 Å². The van der Waals surface area contributed by atoms with Gasteiger partial charge in [0.2, 0.25) is 10.0 Å². The monoisotopic (exact) mass is 425 g/mol. The van der Waals surface area contributed by atoms with E-state index in [1.54, 1.807) is 29.6 Å². The predicted octanol–water partition coefficient (Wildman–Crippen LogP) is 3.82. The fraction of sp³-hybridized carbons (Fsp3) is 0.333. The number of sulfonamides is 1. The summed E-state index contributed by atoms with van der Waals surface area (Å²) in [5.74, 6) is 1.10. The largest absolute Gasteiger partial charge is 0.497 e. The van der Waals surface area contributed by atoms with Crippen LogP contribution in [0.1, 0.15) is 18.4 Å². The molecule has 25 heavy (non-hydrogen) atoms. The normalized spacial score (nSPS) is 14.6. The lowest BCUT2D eigenvalue weighted by molar-refractivity contribution is 0.381. The lowest BCUT2D eigenvalue weighted by Gasteiger charge is -2.23. The van der Waals surface area contributed by atoms with Crippen LogP contribution in [0.4, 0.5) is 0 Å². The van der Waals surface area contributed by atoms with Crippen LogP contribution in [0.2, 0.25) is 0 Å². The molecule has 2 aromatic carbocycles. The van der Waals surface area contributed by atoms with E-state index in [4.69, 9.17) is 9.47 Å². The minimum Gasteiger partial charge on any atom is -0.497 e. The van der Waals surface area contributed by atoms with Gasteiger partial charge in [0.25, 0.3) is 0 Å². The van der Waals surface area contributed by atoms with Gasteiger partial charge in [0.1, 0.15) is 16.4 Å². The van der Waals surface area contributed by atoms with E-state index in [1.807, 2.05) is 24.3 Å². The van der Waals surface area contributed by atoms with Gasteiger partial charge in [-0.15, -0.1) is 0 Å². The quantitative estimate of drug-likeness (QED) is 0.676. The summed E-state index contributed by atoms with van der Waals surface area (Å²) in [5, 5.41) is 0. The van der Waals surface area contributed by atoms with Crippen molar-refractivity contribution in [2.45, 2.75) is 30.3 Å². The molecule has 7 heteroatoms. The van der Waals surface area contributed by atoms with E-state index in [0.717, 1.165) is 24.2 Å². The second-order valence-corrected chi connectivity index (χ2v) is 8.70. The molecule has 0 bridgehead atoms. The third kappa shape index (κ3) is 3.99. The zero-order valence-corrected chi connectivity index (χ0v) is 16.5. The van der Waals surface area contributed by atoms with Crippen LogP contribution in [0.15, 0.2) is 51.8 Å². The fourth-order valence-corrected chi connectivity index (χ4v) is 5.03. The molecule has 134 valence electrons. The molecule has 0 aromatic heterocycles. The van der Waals surface area contributed by atoms with Crippen LogP contribution in [0.5, 0.6) is 11.5 Å². The van der Waals surface area contributed by atoms with Crippen molar-refractivity contribution in [1.29, 1.82) is 0 Å². The smallest absolute Gasteiger partial charge is 0.247 e. The van der Waals surface area contributed by atoms with Gasteiger partial charge < -0.3 is 9.47 Å². The van der Waals surface area contributed by atoms with Crippen molar-refractivity contribution in [3.05, 3.63) is 52.5 Å². The lowest BCUT2D eigenvalue weighted by atomic mass is 10.2. The van der Waals surface area contributed by atoms with Crippen molar-refractivity contribution in [3.8, 4) is 11.5 Å². The maximum Gasteiger partial charge on any atom is 0.247 e. The van der Waals surface area contributed by atoms with E-state index in [0.29, 0.717) is 16.8 Å². The first-order valence-electron chi connectivity index (χ1n) is 7.94. The Hall–Kier alpha value is -1.57. The summed E-state index contributed by atoms with van der Waals surface area (Å²) in [7, 11) is -0.584. The Bertz CT molecular complexity index is 848. The fourth-order valence-electron chi connectivity index (χ4n) is 2.66. The Morgan fingerprint density at radius 1 is 1.08 bits per heavy atom. The summed E-state index contributed by atoms with van der Waals surface area (Å²) < 4.78 is 39.3. The molecular weight excluding hydrogens is 406 g/mol. The van der Waals surface area contributed by atoms with E-state index >= 15 is 0 Å². The van der Waals surface area contributed by atoms with E-state index in [2.05, 4.69) is 15.9 Å². The number of benzene rings is 2. The Labute approximate surface area is 156 Å². The lowest BCUT2D eigenvalue weighted by Crippen LogP contribution is -2.33. The Morgan fingerprint density at radius 2 is 1.76 bits per heavy atom. The van der Waals surface area contributed by atoms with Gasteiger partial charge in [0, 0.05) is 17.1 Å².